The molecular weight excluding hydrogens is 355 g/mol. The van der Waals surface area contributed by atoms with E-state index in [2.05, 4.69) is 34.5 Å². The Morgan fingerprint density at radius 2 is 1.22 bits per heavy atom. The summed E-state index contributed by atoms with van der Waals surface area (Å²) in [6.07, 6.45) is 1.77. The van der Waals surface area contributed by atoms with Crippen molar-refractivity contribution in [1.82, 2.24) is 4.90 Å². The van der Waals surface area contributed by atoms with E-state index in [1.807, 2.05) is 36.4 Å². The number of benzene rings is 3. The van der Waals surface area contributed by atoms with E-state index >= 15 is 0 Å². The summed E-state index contributed by atoms with van der Waals surface area (Å²) in [7, 11) is 0. The fourth-order valence-electron chi connectivity index (χ4n) is 2.89. The zero-order valence-electron chi connectivity index (χ0n) is 15.1. The Bertz CT molecular complexity index is 809. The van der Waals surface area contributed by atoms with Crippen LogP contribution in [0.1, 0.15) is 11.1 Å². The van der Waals surface area contributed by atoms with Crippen LogP contribution in [0, 0.1) is 5.82 Å². The van der Waals surface area contributed by atoms with Crippen LogP contribution in [0.5, 0.6) is 0 Å². The predicted molar refractivity (Wildman–Crippen MR) is 114 cm³/mol. The van der Waals surface area contributed by atoms with Gasteiger partial charge >= 0.3 is 0 Å². The second-order valence-corrected chi connectivity index (χ2v) is 6.75. The van der Waals surface area contributed by atoms with Gasteiger partial charge in [-0.3, -0.25) is 0 Å². The summed E-state index contributed by atoms with van der Waals surface area (Å²) < 4.78 is 14.0. The molecule has 4 heteroatoms. The second-order valence-electron chi connectivity index (χ2n) is 6.37. The average molecular weight is 379 g/mol. The largest absolute Gasteiger partial charge is 0.348 e. The number of halogens is 1. The van der Waals surface area contributed by atoms with E-state index < -0.39 is 0 Å². The van der Waals surface area contributed by atoms with Gasteiger partial charge in [0.05, 0.1) is 5.69 Å². The summed E-state index contributed by atoms with van der Waals surface area (Å²) in [4.78, 5) is 2.11. The van der Waals surface area contributed by atoms with Crippen molar-refractivity contribution in [3.63, 3.8) is 0 Å². The summed E-state index contributed by atoms with van der Waals surface area (Å²) in [6.45, 7) is 1.55. The van der Waals surface area contributed by atoms with E-state index in [9.17, 15) is 4.39 Å². The van der Waals surface area contributed by atoms with Crippen LogP contribution in [0.25, 0.3) is 0 Å². The van der Waals surface area contributed by atoms with Crippen LogP contribution in [0.4, 0.5) is 10.1 Å². The van der Waals surface area contributed by atoms with Crippen LogP contribution in [-0.4, -0.2) is 23.1 Å². The summed E-state index contributed by atoms with van der Waals surface area (Å²) in [6, 6.07) is 27.3. The van der Waals surface area contributed by atoms with Gasteiger partial charge < -0.3 is 10.2 Å². The molecule has 1 N–H and O–H groups in total. The maximum Gasteiger partial charge on any atom is 0.173 e. The van der Waals surface area contributed by atoms with Crippen molar-refractivity contribution >= 4 is 23.0 Å². The Morgan fingerprint density at radius 3 is 1.74 bits per heavy atom. The molecule has 0 bridgehead atoms. The third-order valence-electron chi connectivity index (χ3n) is 4.43. The van der Waals surface area contributed by atoms with Crippen molar-refractivity contribution in [2.45, 2.75) is 12.8 Å². The fraction of sp³-hybridized carbons (Fsp3) is 0.174. The van der Waals surface area contributed by atoms with E-state index in [1.54, 1.807) is 18.2 Å². The number of anilines is 1. The summed E-state index contributed by atoms with van der Waals surface area (Å²) in [5.74, 6) is -0.300. The Morgan fingerprint density at radius 1 is 0.741 bits per heavy atom. The Hall–Kier alpha value is -2.72. The van der Waals surface area contributed by atoms with Crippen LogP contribution in [0.15, 0.2) is 84.9 Å². The molecule has 0 heterocycles. The van der Waals surface area contributed by atoms with Gasteiger partial charge in [-0.15, -0.1) is 0 Å². The van der Waals surface area contributed by atoms with E-state index in [0.29, 0.717) is 10.8 Å². The maximum atomic E-state index is 14.0. The molecule has 138 valence electrons. The highest BCUT2D eigenvalue weighted by atomic mass is 32.1. The fourth-order valence-corrected chi connectivity index (χ4v) is 3.18. The minimum atomic E-state index is -0.300. The van der Waals surface area contributed by atoms with Crippen LogP contribution in [-0.2, 0) is 12.8 Å². The SMILES string of the molecule is Fc1ccccc1NC(=S)N(CCc1ccccc1)CCc1ccccc1. The van der Waals surface area contributed by atoms with Crippen molar-refractivity contribution < 1.29 is 4.39 Å². The zero-order valence-corrected chi connectivity index (χ0v) is 16.0. The lowest BCUT2D eigenvalue weighted by Crippen LogP contribution is -2.38. The lowest BCUT2D eigenvalue weighted by Gasteiger charge is -2.26. The first-order valence-electron chi connectivity index (χ1n) is 9.10. The topological polar surface area (TPSA) is 15.3 Å². The van der Waals surface area contributed by atoms with Crippen molar-refractivity contribution in [3.05, 3.63) is 102 Å². The Balaban J connectivity index is 1.67. The van der Waals surface area contributed by atoms with Crippen molar-refractivity contribution in [1.29, 1.82) is 0 Å². The quantitative estimate of drug-likeness (QED) is 0.561. The van der Waals surface area contributed by atoms with Gasteiger partial charge in [0.1, 0.15) is 5.82 Å². The van der Waals surface area contributed by atoms with Gasteiger partial charge in [-0.2, -0.15) is 0 Å². The molecule has 0 saturated carbocycles. The molecule has 0 unspecified atom stereocenters. The standard InChI is InChI=1S/C23H23FN2S/c24-21-13-7-8-14-22(21)25-23(27)26(17-15-19-9-3-1-4-10-19)18-16-20-11-5-2-6-12-20/h1-14H,15-18H2,(H,25,27). The van der Waals surface area contributed by atoms with Gasteiger partial charge in [0.15, 0.2) is 5.11 Å². The molecule has 0 fully saturated rings. The average Bonchev–Trinajstić information content (AvgIpc) is 2.71. The number of nitrogens with one attached hydrogen (secondary N) is 1. The van der Waals surface area contributed by atoms with Crippen molar-refractivity contribution in [2.75, 3.05) is 18.4 Å². The van der Waals surface area contributed by atoms with E-state index in [-0.39, 0.29) is 5.82 Å². The smallest absolute Gasteiger partial charge is 0.173 e. The van der Waals surface area contributed by atoms with Crippen LogP contribution >= 0.6 is 12.2 Å². The molecule has 0 spiro atoms. The first-order chi connectivity index (χ1) is 13.2. The third-order valence-corrected chi connectivity index (χ3v) is 4.79. The van der Waals surface area contributed by atoms with Crippen molar-refractivity contribution in [3.8, 4) is 0 Å². The Labute approximate surface area is 165 Å². The lowest BCUT2D eigenvalue weighted by atomic mass is 10.1. The van der Waals surface area contributed by atoms with E-state index in [4.69, 9.17) is 12.2 Å². The van der Waals surface area contributed by atoms with Gasteiger partial charge in [-0.25, -0.2) is 4.39 Å². The first kappa shape index (κ1) is 19.1. The molecule has 3 aromatic rings. The summed E-state index contributed by atoms with van der Waals surface area (Å²) >= 11 is 5.60. The van der Waals surface area contributed by atoms with Gasteiger partial charge in [0.2, 0.25) is 0 Å². The highest BCUT2D eigenvalue weighted by Crippen LogP contribution is 2.14. The monoisotopic (exact) mass is 378 g/mol. The number of rotatable bonds is 7. The molecule has 3 rings (SSSR count). The second kappa shape index (κ2) is 9.83. The molecule has 0 saturated heterocycles. The molecule has 0 aliphatic heterocycles. The molecule has 3 aromatic carbocycles. The highest BCUT2D eigenvalue weighted by Gasteiger charge is 2.12. The molecule has 0 amide bonds. The van der Waals surface area contributed by atoms with Crippen LogP contribution in [0.3, 0.4) is 0 Å². The number of para-hydroxylation sites is 1. The van der Waals surface area contributed by atoms with Gasteiger partial charge in [-0.1, -0.05) is 72.8 Å². The molecular formula is C23H23FN2S. The van der Waals surface area contributed by atoms with Crippen LogP contribution in [0.2, 0.25) is 0 Å². The van der Waals surface area contributed by atoms with Gasteiger partial charge in [0.25, 0.3) is 0 Å². The number of hydrogen-bond donors (Lipinski definition) is 1. The minimum absolute atomic E-state index is 0.300. The predicted octanol–water partition coefficient (Wildman–Crippen LogP) is 5.31. The number of hydrogen-bond acceptors (Lipinski definition) is 1. The van der Waals surface area contributed by atoms with E-state index in [0.717, 1.165) is 25.9 Å². The minimum Gasteiger partial charge on any atom is -0.348 e. The summed E-state index contributed by atoms with van der Waals surface area (Å²) in [5.41, 5.74) is 2.93. The number of thiocarbonyl (C=S) groups is 1. The molecule has 0 atom stereocenters. The lowest BCUT2D eigenvalue weighted by molar-refractivity contribution is 0.432. The third kappa shape index (κ3) is 5.90. The summed E-state index contributed by atoms with van der Waals surface area (Å²) in [5, 5.41) is 3.61. The van der Waals surface area contributed by atoms with Gasteiger partial charge in [-0.05, 0) is 48.3 Å². The van der Waals surface area contributed by atoms with Crippen LogP contribution < -0.4 is 5.32 Å². The van der Waals surface area contributed by atoms with E-state index in [1.165, 1.54) is 17.2 Å². The molecule has 2 nitrogen and oxygen atoms in total. The van der Waals surface area contributed by atoms with Gasteiger partial charge in [0, 0.05) is 13.1 Å². The molecule has 0 aliphatic rings. The normalized spacial score (nSPS) is 10.4. The number of nitrogens with zero attached hydrogens (tertiary/aromatic N) is 1. The molecule has 0 aliphatic carbocycles. The molecule has 0 radical (unpaired) electrons. The van der Waals surface area contributed by atoms with Crippen molar-refractivity contribution in [2.24, 2.45) is 0 Å². The maximum absolute atomic E-state index is 14.0. The highest BCUT2D eigenvalue weighted by molar-refractivity contribution is 7.80. The Kier molecular flexibility index (Phi) is 6.94. The zero-order chi connectivity index (χ0) is 18.9. The molecule has 0 aromatic heterocycles. The first-order valence-corrected chi connectivity index (χ1v) is 9.51. The molecule has 27 heavy (non-hydrogen) atoms.